The molecule has 0 radical (unpaired) electrons. The molecule has 0 bridgehead atoms. The van der Waals surface area contributed by atoms with Gasteiger partial charge < -0.3 is 5.32 Å². The Morgan fingerprint density at radius 1 is 1.00 bits per heavy atom. The molecule has 2 aromatic carbocycles. The molecule has 0 saturated carbocycles. The smallest absolute Gasteiger partial charge is 0.350 e. The maximum absolute atomic E-state index is 12.6. The molecule has 4 rings (SSSR count). The van der Waals surface area contributed by atoms with Crippen LogP contribution in [0.15, 0.2) is 53.3 Å². The van der Waals surface area contributed by atoms with Crippen molar-refractivity contribution in [1.29, 1.82) is 0 Å². The summed E-state index contributed by atoms with van der Waals surface area (Å²) >= 11 is 11.7. The number of halogens is 2. The summed E-state index contributed by atoms with van der Waals surface area (Å²) in [5.41, 5.74) is 0.830. The van der Waals surface area contributed by atoms with Crippen LogP contribution in [-0.2, 0) is 24.4 Å². The highest BCUT2D eigenvalue weighted by atomic mass is 35.5. The number of carbonyl (C=O) groups excluding carboxylic acids is 2. The fraction of sp³-hybridized carbons (Fsp3) is 0.158. The zero-order valence-corrected chi connectivity index (χ0v) is 16.5. The molecular formula is C19H15Cl2N5O3. The number of hydrogen-bond donors (Lipinski definition) is 1. The number of amides is 2. The van der Waals surface area contributed by atoms with Gasteiger partial charge in [-0.15, -0.1) is 0 Å². The molecule has 10 heteroatoms. The van der Waals surface area contributed by atoms with Gasteiger partial charge in [-0.3, -0.25) is 9.69 Å². The number of rotatable bonds is 5. The first-order valence-electron chi connectivity index (χ1n) is 8.69. The van der Waals surface area contributed by atoms with Crippen molar-refractivity contribution in [2.75, 3.05) is 4.90 Å². The molecular weight excluding hydrogens is 417 g/mol. The first-order chi connectivity index (χ1) is 13.9. The van der Waals surface area contributed by atoms with Gasteiger partial charge in [-0.05, 0) is 42.0 Å². The highest BCUT2D eigenvalue weighted by molar-refractivity contribution is 6.30. The average Bonchev–Trinajstić information content (AvgIpc) is 3.18. The highest BCUT2D eigenvalue weighted by Gasteiger charge is 2.33. The molecule has 148 valence electrons. The largest absolute Gasteiger partial charge is 0.354 e. The number of carbonyl (C=O) groups is 2. The number of anilines is 1. The van der Waals surface area contributed by atoms with Gasteiger partial charge in [0.2, 0.25) is 5.91 Å². The van der Waals surface area contributed by atoms with Gasteiger partial charge in [0.1, 0.15) is 6.54 Å². The fourth-order valence-corrected chi connectivity index (χ4v) is 3.25. The van der Waals surface area contributed by atoms with Gasteiger partial charge in [0.05, 0.1) is 6.54 Å². The second kappa shape index (κ2) is 7.73. The average molecular weight is 432 g/mol. The molecule has 1 aromatic heterocycles. The summed E-state index contributed by atoms with van der Waals surface area (Å²) in [6.45, 7) is 0.150. The first kappa shape index (κ1) is 19.2. The number of fused-ring (bicyclic) bond motifs is 1. The van der Waals surface area contributed by atoms with E-state index < -0.39 is 11.7 Å². The van der Waals surface area contributed by atoms with E-state index in [2.05, 4.69) is 10.4 Å². The van der Waals surface area contributed by atoms with Crippen LogP contribution in [0.4, 0.5) is 10.5 Å². The Labute approximate surface area is 175 Å². The monoisotopic (exact) mass is 431 g/mol. The van der Waals surface area contributed by atoms with Crippen molar-refractivity contribution < 1.29 is 9.59 Å². The lowest BCUT2D eigenvalue weighted by atomic mass is 10.2. The van der Waals surface area contributed by atoms with Crippen LogP contribution in [0.25, 0.3) is 0 Å². The van der Waals surface area contributed by atoms with Crippen LogP contribution in [0, 0.1) is 0 Å². The summed E-state index contributed by atoms with van der Waals surface area (Å²) in [4.78, 5) is 38.8. The molecule has 0 aliphatic carbocycles. The minimum atomic E-state index is -0.650. The zero-order chi connectivity index (χ0) is 20.5. The SMILES string of the molecule is O=C(Cn1nc2n(c1=O)C(=O)N(c1ccc(Cl)cc1)C2)NCc1ccc(Cl)cc1. The predicted molar refractivity (Wildman–Crippen MR) is 108 cm³/mol. The molecule has 0 saturated heterocycles. The van der Waals surface area contributed by atoms with E-state index in [0.29, 0.717) is 22.3 Å². The van der Waals surface area contributed by atoms with Gasteiger partial charge in [0.15, 0.2) is 5.82 Å². The second-order valence-electron chi connectivity index (χ2n) is 6.44. The van der Waals surface area contributed by atoms with Gasteiger partial charge in [-0.1, -0.05) is 35.3 Å². The summed E-state index contributed by atoms with van der Waals surface area (Å²) in [6.07, 6.45) is 0. The Hall–Kier alpha value is -3.10. The van der Waals surface area contributed by atoms with Crippen molar-refractivity contribution in [2.24, 2.45) is 0 Å². The van der Waals surface area contributed by atoms with Crippen LogP contribution in [0.3, 0.4) is 0 Å². The van der Waals surface area contributed by atoms with Gasteiger partial charge >= 0.3 is 11.7 Å². The molecule has 29 heavy (non-hydrogen) atoms. The summed E-state index contributed by atoms with van der Waals surface area (Å²) in [5.74, 6) is -0.110. The summed E-state index contributed by atoms with van der Waals surface area (Å²) in [6, 6.07) is 13.2. The Morgan fingerprint density at radius 3 is 2.24 bits per heavy atom. The lowest BCUT2D eigenvalue weighted by molar-refractivity contribution is -0.122. The molecule has 1 aliphatic rings. The Morgan fingerprint density at radius 2 is 1.62 bits per heavy atom. The predicted octanol–water partition coefficient (Wildman–Crippen LogP) is 2.66. The number of nitrogens with zero attached hydrogens (tertiary/aromatic N) is 4. The molecule has 1 aliphatic heterocycles. The quantitative estimate of drug-likeness (QED) is 0.672. The van der Waals surface area contributed by atoms with E-state index in [9.17, 15) is 14.4 Å². The Bertz CT molecular complexity index is 1140. The van der Waals surface area contributed by atoms with Crippen molar-refractivity contribution in [3.8, 4) is 0 Å². The molecule has 0 fully saturated rings. The van der Waals surface area contributed by atoms with E-state index in [-0.39, 0.29) is 24.8 Å². The standard InChI is InChI=1S/C19H15Cl2N5O3/c20-13-3-1-12(2-4-13)9-22-17(27)11-25-19(29)26-16(23-25)10-24(18(26)28)15-7-5-14(21)6-8-15/h1-8H,9-11H2,(H,22,27). The lowest BCUT2D eigenvalue weighted by Gasteiger charge is -2.14. The fourth-order valence-electron chi connectivity index (χ4n) is 3.00. The van der Waals surface area contributed by atoms with Gasteiger partial charge in [0.25, 0.3) is 0 Å². The van der Waals surface area contributed by atoms with Gasteiger partial charge in [-0.2, -0.15) is 9.67 Å². The molecule has 3 aromatic rings. The molecule has 2 amide bonds. The molecule has 0 atom stereocenters. The van der Waals surface area contributed by atoms with Crippen molar-refractivity contribution in [2.45, 2.75) is 19.6 Å². The maximum atomic E-state index is 12.6. The van der Waals surface area contributed by atoms with Crippen molar-refractivity contribution in [1.82, 2.24) is 19.7 Å². The van der Waals surface area contributed by atoms with E-state index in [4.69, 9.17) is 23.2 Å². The second-order valence-corrected chi connectivity index (χ2v) is 7.31. The molecule has 1 N–H and O–H groups in total. The van der Waals surface area contributed by atoms with Crippen molar-refractivity contribution in [3.63, 3.8) is 0 Å². The molecule has 8 nitrogen and oxygen atoms in total. The maximum Gasteiger partial charge on any atom is 0.354 e. The van der Waals surface area contributed by atoms with Crippen LogP contribution in [-0.4, -0.2) is 26.3 Å². The van der Waals surface area contributed by atoms with Crippen molar-refractivity contribution in [3.05, 3.63) is 80.4 Å². The third kappa shape index (κ3) is 3.90. The molecule has 2 heterocycles. The van der Waals surface area contributed by atoms with E-state index in [1.54, 1.807) is 48.5 Å². The number of aromatic nitrogens is 3. The Balaban J connectivity index is 1.43. The van der Waals surface area contributed by atoms with Crippen LogP contribution >= 0.6 is 23.2 Å². The normalized spacial score (nSPS) is 12.9. The summed E-state index contributed by atoms with van der Waals surface area (Å²) in [7, 11) is 0. The number of benzene rings is 2. The van der Waals surface area contributed by atoms with E-state index in [1.165, 1.54) is 4.90 Å². The highest BCUT2D eigenvalue weighted by Crippen LogP contribution is 2.23. The third-order valence-corrected chi connectivity index (χ3v) is 4.97. The topological polar surface area (TPSA) is 89.2 Å². The number of hydrogen-bond acceptors (Lipinski definition) is 4. The van der Waals surface area contributed by atoms with E-state index in [0.717, 1.165) is 14.8 Å². The van der Waals surface area contributed by atoms with Crippen LogP contribution in [0.5, 0.6) is 0 Å². The van der Waals surface area contributed by atoms with E-state index >= 15 is 0 Å². The van der Waals surface area contributed by atoms with Crippen molar-refractivity contribution >= 4 is 40.8 Å². The van der Waals surface area contributed by atoms with Crippen LogP contribution < -0.4 is 15.9 Å². The van der Waals surface area contributed by atoms with Gasteiger partial charge in [-0.25, -0.2) is 14.3 Å². The van der Waals surface area contributed by atoms with E-state index in [1.807, 2.05) is 0 Å². The number of nitrogens with one attached hydrogen (secondary N) is 1. The first-order valence-corrected chi connectivity index (χ1v) is 9.45. The molecule has 0 unspecified atom stereocenters. The molecule has 0 spiro atoms. The van der Waals surface area contributed by atoms with Gasteiger partial charge in [0, 0.05) is 22.3 Å². The zero-order valence-electron chi connectivity index (χ0n) is 15.0. The minimum absolute atomic E-state index is 0.134. The lowest BCUT2D eigenvalue weighted by Crippen LogP contribution is -2.37. The van der Waals surface area contributed by atoms with Crippen LogP contribution in [0.2, 0.25) is 10.0 Å². The Kier molecular flexibility index (Phi) is 5.12. The minimum Gasteiger partial charge on any atom is -0.350 e. The summed E-state index contributed by atoms with van der Waals surface area (Å²) < 4.78 is 1.96. The summed E-state index contributed by atoms with van der Waals surface area (Å²) in [5, 5.41) is 8.01. The third-order valence-electron chi connectivity index (χ3n) is 4.46. The van der Waals surface area contributed by atoms with Crippen LogP contribution in [0.1, 0.15) is 11.4 Å².